The topological polar surface area (TPSA) is 109 Å². The molecule has 0 saturated heterocycles. The Labute approximate surface area is 227 Å². The van der Waals surface area contributed by atoms with Gasteiger partial charge in [0.25, 0.3) is 0 Å². The SMILES string of the molecule is CN(C)CCc1c[nH]c2cccc(OC(=O)OCCCOC(=O)Oc3cccc4[nH]cc(CCN(C)C)c34)c12. The zero-order valence-electron chi connectivity index (χ0n) is 22.9. The maximum Gasteiger partial charge on any atom is 0.513 e. The molecule has 2 N–H and O–H groups in total. The molecule has 0 atom stereocenters. The number of fused-ring (bicyclic) bond motifs is 2. The number of benzene rings is 2. The van der Waals surface area contributed by atoms with Gasteiger partial charge in [-0.15, -0.1) is 0 Å². The number of H-pyrrole nitrogens is 2. The van der Waals surface area contributed by atoms with Gasteiger partial charge < -0.3 is 38.7 Å². The van der Waals surface area contributed by atoms with Crippen LogP contribution in [0.25, 0.3) is 21.8 Å². The highest BCUT2D eigenvalue weighted by atomic mass is 16.7. The van der Waals surface area contributed by atoms with E-state index in [0.717, 1.165) is 58.9 Å². The average molecular weight is 537 g/mol. The molecule has 4 rings (SSSR count). The van der Waals surface area contributed by atoms with Crippen molar-refractivity contribution in [1.29, 1.82) is 0 Å². The van der Waals surface area contributed by atoms with Gasteiger partial charge in [0.05, 0.1) is 13.2 Å². The van der Waals surface area contributed by atoms with Crippen molar-refractivity contribution in [2.24, 2.45) is 0 Å². The van der Waals surface area contributed by atoms with Crippen LogP contribution in [0.1, 0.15) is 17.5 Å². The third-order valence-corrected chi connectivity index (χ3v) is 6.27. The van der Waals surface area contributed by atoms with Gasteiger partial charge in [0.15, 0.2) is 0 Å². The number of ether oxygens (including phenoxy) is 4. The van der Waals surface area contributed by atoms with Gasteiger partial charge >= 0.3 is 12.3 Å². The molecule has 2 aromatic carbocycles. The Morgan fingerprint density at radius 1 is 0.692 bits per heavy atom. The van der Waals surface area contributed by atoms with E-state index in [1.165, 1.54) is 0 Å². The van der Waals surface area contributed by atoms with Crippen LogP contribution in [0.2, 0.25) is 0 Å². The van der Waals surface area contributed by atoms with Crippen molar-refractivity contribution in [1.82, 2.24) is 19.8 Å². The fraction of sp³-hybridized carbons (Fsp3) is 0.379. The summed E-state index contributed by atoms with van der Waals surface area (Å²) in [6.07, 6.45) is 4.17. The summed E-state index contributed by atoms with van der Waals surface area (Å²) in [5.74, 6) is 0.882. The second-order valence-corrected chi connectivity index (χ2v) is 9.85. The van der Waals surface area contributed by atoms with E-state index in [1.54, 1.807) is 12.1 Å². The van der Waals surface area contributed by atoms with E-state index >= 15 is 0 Å². The lowest BCUT2D eigenvalue weighted by Crippen LogP contribution is -2.16. The van der Waals surface area contributed by atoms with E-state index in [9.17, 15) is 9.59 Å². The highest BCUT2D eigenvalue weighted by molar-refractivity contribution is 5.91. The second kappa shape index (κ2) is 13.2. The number of nitrogens with one attached hydrogen (secondary N) is 2. The van der Waals surface area contributed by atoms with Gasteiger partial charge in [-0.2, -0.15) is 0 Å². The molecular formula is C29H36N4O6. The smallest absolute Gasteiger partial charge is 0.434 e. The lowest BCUT2D eigenvalue weighted by atomic mass is 10.1. The third kappa shape index (κ3) is 7.52. The molecule has 0 bridgehead atoms. The number of nitrogens with zero attached hydrogens (tertiary/aromatic N) is 2. The van der Waals surface area contributed by atoms with Crippen molar-refractivity contribution in [2.75, 3.05) is 54.5 Å². The van der Waals surface area contributed by atoms with Crippen molar-refractivity contribution in [2.45, 2.75) is 19.3 Å². The van der Waals surface area contributed by atoms with Crippen LogP contribution in [0.5, 0.6) is 11.5 Å². The van der Waals surface area contributed by atoms with E-state index in [1.807, 2.05) is 64.8 Å². The van der Waals surface area contributed by atoms with Gasteiger partial charge in [0.2, 0.25) is 0 Å². The Morgan fingerprint density at radius 2 is 1.13 bits per heavy atom. The monoisotopic (exact) mass is 536 g/mol. The molecule has 0 spiro atoms. The van der Waals surface area contributed by atoms with Gasteiger partial charge in [-0.3, -0.25) is 0 Å². The normalized spacial score (nSPS) is 11.4. The molecule has 39 heavy (non-hydrogen) atoms. The van der Waals surface area contributed by atoms with E-state index in [0.29, 0.717) is 17.9 Å². The highest BCUT2D eigenvalue weighted by Crippen LogP contribution is 2.30. The number of hydrogen-bond acceptors (Lipinski definition) is 8. The molecule has 0 aliphatic carbocycles. The van der Waals surface area contributed by atoms with Crippen LogP contribution in [0.3, 0.4) is 0 Å². The maximum absolute atomic E-state index is 12.3. The largest absolute Gasteiger partial charge is 0.513 e. The lowest BCUT2D eigenvalue weighted by Gasteiger charge is -2.11. The molecule has 0 amide bonds. The van der Waals surface area contributed by atoms with Gasteiger partial charge in [-0.05, 0) is 76.4 Å². The van der Waals surface area contributed by atoms with E-state index < -0.39 is 12.3 Å². The summed E-state index contributed by atoms with van der Waals surface area (Å²) < 4.78 is 21.4. The number of hydrogen-bond donors (Lipinski definition) is 2. The Hall–Kier alpha value is -4.02. The number of aromatic nitrogens is 2. The Balaban J connectivity index is 1.23. The van der Waals surface area contributed by atoms with Crippen LogP contribution in [-0.2, 0) is 22.3 Å². The van der Waals surface area contributed by atoms with Crippen molar-refractivity contribution >= 4 is 34.1 Å². The van der Waals surface area contributed by atoms with Gasteiger partial charge in [0, 0.05) is 53.7 Å². The fourth-order valence-corrected chi connectivity index (χ4v) is 4.30. The third-order valence-electron chi connectivity index (χ3n) is 6.27. The van der Waals surface area contributed by atoms with Gasteiger partial charge in [-0.1, -0.05) is 12.1 Å². The Kier molecular flexibility index (Phi) is 9.45. The van der Waals surface area contributed by atoms with Crippen LogP contribution < -0.4 is 9.47 Å². The minimum atomic E-state index is -0.811. The quantitative estimate of drug-likeness (QED) is 0.148. The summed E-state index contributed by atoms with van der Waals surface area (Å²) in [5.41, 5.74) is 3.91. The molecule has 0 aliphatic rings. The standard InChI is InChI=1S/C29H36N4O6/c1-32(2)14-12-20-18-30-22-8-5-10-24(26(20)22)38-28(34)36-16-7-17-37-29(35)39-25-11-6-9-23-27(25)21(19-31-23)13-15-33(3)4/h5-6,8-11,18-19,30-31H,7,12-17H2,1-4H3. The first-order valence-corrected chi connectivity index (χ1v) is 13.0. The summed E-state index contributed by atoms with van der Waals surface area (Å²) >= 11 is 0. The van der Waals surface area contributed by atoms with Crippen LogP contribution in [0, 0.1) is 0 Å². The highest BCUT2D eigenvalue weighted by Gasteiger charge is 2.16. The molecule has 10 heteroatoms. The van der Waals surface area contributed by atoms with Crippen LogP contribution in [0.4, 0.5) is 9.59 Å². The summed E-state index contributed by atoms with van der Waals surface area (Å²) in [5, 5.41) is 1.73. The molecular weight excluding hydrogens is 500 g/mol. The number of carbonyl (C=O) groups excluding carboxylic acids is 2. The number of likely N-dealkylation sites (N-methyl/N-ethyl adjacent to an activating group) is 2. The van der Waals surface area contributed by atoms with E-state index in [4.69, 9.17) is 18.9 Å². The summed E-state index contributed by atoms with van der Waals surface area (Å²) in [7, 11) is 8.05. The fourth-order valence-electron chi connectivity index (χ4n) is 4.30. The molecule has 208 valence electrons. The summed E-state index contributed by atoms with van der Waals surface area (Å²) in [6.45, 7) is 1.80. The van der Waals surface area contributed by atoms with Gasteiger partial charge in [-0.25, -0.2) is 9.59 Å². The predicted octanol–water partition coefficient (Wildman–Crippen LogP) is 4.98. The second-order valence-electron chi connectivity index (χ2n) is 9.85. The zero-order chi connectivity index (χ0) is 27.8. The van der Waals surface area contributed by atoms with E-state index in [2.05, 4.69) is 19.8 Å². The Bertz CT molecular complexity index is 1300. The van der Waals surface area contributed by atoms with E-state index in [-0.39, 0.29) is 13.2 Å². The van der Waals surface area contributed by atoms with Crippen LogP contribution in [0.15, 0.2) is 48.8 Å². The van der Waals surface area contributed by atoms with Crippen molar-refractivity contribution in [3.05, 3.63) is 59.9 Å². The molecule has 0 unspecified atom stereocenters. The first kappa shape index (κ1) is 28.0. The molecule has 10 nitrogen and oxygen atoms in total. The number of carbonyl (C=O) groups is 2. The van der Waals surface area contributed by atoms with Crippen molar-refractivity contribution in [3.8, 4) is 11.5 Å². The maximum atomic E-state index is 12.3. The first-order valence-electron chi connectivity index (χ1n) is 13.0. The minimum absolute atomic E-state index is 0.0325. The van der Waals surface area contributed by atoms with Crippen molar-refractivity contribution in [3.63, 3.8) is 0 Å². The van der Waals surface area contributed by atoms with Crippen LogP contribution >= 0.6 is 0 Å². The molecule has 0 saturated carbocycles. The predicted molar refractivity (Wildman–Crippen MR) is 150 cm³/mol. The molecule has 0 fully saturated rings. The van der Waals surface area contributed by atoms with Crippen LogP contribution in [-0.4, -0.2) is 86.6 Å². The first-order chi connectivity index (χ1) is 18.8. The lowest BCUT2D eigenvalue weighted by molar-refractivity contribution is 0.0761. The average Bonchev–Trinajstić information content (AvgIpc) is 3.51. The summed E-state index contributed by atoms with van der Waals surface area (Å²) in [6, 6.07) is 11.0. The molecule has 0 radical (unpaired) electrons. The van der Waals surface area contributed by atoms with Crippen molar-refractivity contribution < 1.29 is 28.5 Å². The molecule has 2 heterocycles. The molecule has 2 aromatic heterocycles. The minimum Gasteiger partial charge on any atom is -0.434 e. The Morgan fingerprint density at radius 3 is 1.54 bits per heavy atom. The zero-order valence-corrected chi connectivity index (χ0v) is 22.9. The number of aromatic amines is 2. The molecule has 0 aliphatic heterocycles. The molecule has 4 aromatic rings. The number of rotatable bonds is 12. The van der Waals surface area contributed by atoms with Gasteiger partial charge in [0.1, 0.15) is 11.5 Å². The summed E-state index contributed by atoms with van der Waals surface area (Å²) in [4.78, 5) is 35.3.